The van der Waals surface area contributed by atoms with Crippen LogP contribution in [0.2, 0.25) is 0 Å². The summed E-state index contributed by atoms with van der Waals surface area (Å²) in [6.45, 7) is 0.0980. The van der Waals surface area contributed by atoms with Crippen molar-refractivity contribution in [2.75, 3.05) is 25.2 Å². The van der Waals surface area contributed by atoms with E-state index in [-0.39, 0.29) is 31.1 Å². The van der Waals surface area contributed by atoms with Gasteiger partial charge in [0, 0.05) is 20.3 Å². The normalized spacial score (nSPS) is 11.3. The van der Waals surface area contributed by atoms with Crippen LogP contribution in [0, 0.1) is 0 Å². The second-order valence-electron chi connectivity index (χ2n) is 5.52. The Morgan fingerprint density at radius 2 is 1.93 bits per heavy atom. The van der Waals surface area contributed by atoms with Crippen LogP contribution >= 0.6 is 11.3 Å². The molecular formula is C17H17F3N2O5S. The highest BCUT2D eigenvalue weighted by Crippen LogP contribution is 2.37. The number of rotatable bonds is 8. The fraction of sp³-hybridized carbons (Fsp3) is 0.353. The fourth-order valence-electron chi connectivity index (χ4n) is 2.19. The largest absolute Gasteiger partial charge is 0.477 e. The number of alkyl halides is 3. The lowest BCUT2D eigenvalue weighted by Gasteiger charge is -2.19. The molecule has 0 bridgehead atoms. The Bertz CT molecular complexity index is 811. The Kier molecular flexibility index (Phi) is 7.35. The van der Waals surface area contributed by atoms with Crippen molar-refractivity contribution in [3.8, 4) is 0 Å². The highest BCUT2D eigenvalue weighted by molar-refractivity contribution is 7.17. The van der Waals surface area contributed by atoms with E-state index in [2.05, 4.69) is 4.98 Å². The van der Waals surface area contributed by atoms with Crippen molar-refractivity contribution in [3.05, 3.63) is 46.5 Å². The molecular weight excluding hydrogens is 401 g/mol. The number of anilines is 1. The lowest BCUT2D eigenvalue weighted by atomic mass is 10.2. The lowest BCUT2D eigenvalue weighted by molar-refractivity contribution is -0.141. The molecule has 28 heavy (non-hydrogen) atoms. The third-order valence-corrected chi connectivity index (χ3v) is 4.53. The molecule has 11 heteroatoms. The van der Waals surface area contributed by atoms with E-state index in [1.54, 1.807) is 30.3 Å². The summed E-state index contributed by atoms with van der Waals surface area (Å²) in [6, 6.07) is 8.71. The zero-order chi connectivity index (χ0) is 20.7. The minimum Gasteiger partial charge on any atom is -0.477 e. The topological polar surface area (TPSA) is 89.0 Å². The third-order valence-electron chi connectivity index (χ3n) is 3.47. The van der Waals surface area contributed by atoms with Crippen molar-refractivity contribution in [2.24, 2.45) is 0 Å². The molecule has 0 unspecified atom stereocenters. The highest BCUT2D eigenvalue weighted by Gasteiger charge is 2.41. The average molecular weight is 418 g/mol. The van der Waals surface area contributed by atoms with Gasteiger partial charge in [0.2, 0.25) is 0 Å². The molecule has 2 rings (SSSR count). The Hall–Kier alpha value is -2.66. The van der Waals surface area contributed by atoms with Crippen LogP contribution in [-0.2, 0) is 22.3 Å². The number of aromatic carboxylic acids is 1. The Labute approximate surface area is 162 Å². The molecule has 0 aliphatic carbocycles. The van der Waals surface area contributed by atoms with Gasteiger partial charge < -0.3 is 14.6 Å². The first kappa shape index (κ1) is 21.6. The molecule has 0 spiro atoms. The van der Waals surface area contributed by atoms with Gasteiger partial charge in [-0.1, -0.05) is 41.7 Å². The van der Waals surface area contributed by atoms with Gasteiger partial charge in [-0.25, -0.2) is 14.6 Å². The summed E-state index contributed by atoms with van der Waals surface area (Å²) in [6.07, 6.45) is -5.60. The van der Waals surface area contributed by atoms with E-state index in [1.807, 2.05) is 0 Å². The molecule has 1 heterocycles. The summed E-state index contributed by atoms with van der Waals surface area (Å²) in [4.78, 5) is 26.9. The van der Waals surface area contributed by atoms with Gasteiger partial charge in [-0.2, -0.15) is 13.2 Å². The van der Waals surface area contributed by atoms with Crippen molar-refractivity contribution in [1.82, 2.24) is 4.98 Å². The molecule has 1 amide bonds. The monoisotopic (exact) mass is 418 g/mol. The third kappa shape index (κ3) is 5.67. The number of carboxylic acid groups (broad SMARTS) is 1. The van der Waals surface area contributed by atoms with Gasteiger partial charge in [0.1, 0.15) is 11.5 Å². The number of nitrogens with zero attached hydrogens (tertiary/aromatic N) is 2. The molecule has 1 aromatic heterocycles. The number of methoxy groups -OCH3 is 1. The van der Waals surface area contributed by atoms with E-state index in [9.17, 15) is 22.8 Å². The van der Waals surface area contributed by atoms with Crippen molar-refractivity contribution in [3.63, 3.8) is 0 Å². The SMILES string of the molecule is COCCCN(C(=O)OCc1ccccc1)c1nc(C(F)(F)F)c(C(=O)O)s1. The van der Waals surface area contributed by atoms with Gasteiger partial charge in [-0.05, 0) is 12.0 Å². The first-order chi connectivity index (χ1) is 13.2. The van der Waals surface area contributed by atoms with Crippen LogP contribution in [0.3, 0.4) is 0 Å². The van der Waals surface area contributed by atoms with Crippen LogP contribution < -0.4 is 4.90 Å². The molecule has 0 aliphatic heterocycles. The molecule has 0 saturated heterocycles. The van der Waals surface area contributed by atoms with Gasteiger partial charge >= 0.3 is 18.2 Å². The van der Waals surface area contributed by atoms with Crippen LogP contribution in [0.15, 0.2) is 30.3 Å². The van der Waals surface area contributed by atoms with Crippen molar-refractivity contribution in [2.45, 2.75) is 19.2 Å². The Morgan fingerprint density at radius 3 is 2.46 bits per heavy atom. The van der Waals surface area contributed by atoms with Crippen LogP contribution in [0.4, 0.5) is 23.1 Å². The van der Waals surface area contributed by atoms with Gasteiger partial charge in [0.05, 0.1) is 0 Å². The van der Waals surface area contributed by atoms with E-state index in [0.29, 0.717) is 12.0 Å². The van der Waals surface area contributed by atoms with Crippen LogP contribution in [-0.4, -0.2) is 42.4 Å². The number of thiazole rings is 1. The number of carbonyl (C=O) groups is 2. The number of aromatic nitrogens is 1. The molecule has 0 fully saturated rings. The molecule has 1 aromatic carbocycles. The number of ether oxygens (including phenoxy) is 2. The maximum atomic E-state index is 13.1. The number of carboxylic acids is 1. The molecule has 1 N–H and O–H groups in total. The summed E-state index contributed by atoms with van der Waals surface area (Å²) >= 11 is 0.264. The van der Waals surface area contributed by atoms with Crippen molar-refractivity contribution >= 4 is 28.5 Å². The van der Waals surface area contributed by atoms with Crippen LogP contribution in [0.1, 0.15) is 27.3 Å². The second kappa shape index (κ2) is 9.51. The van der Waals surface area contributed by atoms with Crippen LogP contribution in [0.25, 0.3) is 0 Å². The smallest absolute Gasteiger partial charge is 0.435 e. The van der Waals surface area contributed by atoms with Gasteiger partial charge in [0.25, 0.3) is 0 Å². The summed E-state index contributed by atoms with van der Waals surface area (Å²) in [7, 11) is 1.44. The number of benzene rings is 1. The molecule has 2 aromatic rings. The van der Waals surface area contributed by atoms with E-state index in [4.69, 9.17) is 14.6 Å². The van der Waals surface area contributed by atoms with Crippen molar-refractivity contribution in [1.29, 1.82) is 0 Å². The molecule has 0 atom stereocenters. The second-order valence-corrected chi connectivity index (χ2v) is 6.49. The van der Waals surface area contributed by atoms with E-state index < -0.39 is 33.9 Å². The van der Waals surface area contributed by atoms with Gasteiger partial charge in [-0.15, -0.1) is 0 Å². The summed E-state index contributed by atoms with van der Waals surface area (Å²) in [5.74, 6) is -1.77. The van der Waals surface area contributed by atoms with E-state index in [1.165, 1.54) is 7.11 Å². The van der Waals surface area contributed by atoms with E-state index in [0.717, 1.165) is 4.90 Å². The Morgan fingerprint density at radius 1 is 1.25 bits per heavy atom. The highest BCUT2D eigenvalue weighted by atomic mass is 32.1. The molecule has 7 nitrogen and oxygen atoms in total. The van der Waals surface area contributed by atoms with Gasteiger partial charge in [0.15, 0.2) is 10.8 Å². The maximum absolute atomic E-state index is 13.1. The van der Waals surface area contributed by atoms with Crippen molar-refractivity contribution < 1.29 is 37.3 Å². The molecule has 152 valence electrons. The number of hydrogen-bond donors (Lipinski definition) is 1. The minimum atomic E-state index is -4.96. The van der Waals surface area contributed by atoms with Crippen LogP contribution in [0.5, 0.6) is 0 Å². The zero-order valence-corrected chi connectivity index (χ0v) is 15.5. The lowest BCUT2D eigenvalue weighted by Crippen LogP contribution is -2.33. The molecule has 0 saturated carbocycles. The first-order valence-electron chi connectivity index (χ1n) is 8.02. The number of carbonyl (C=O) groups excluding carboxylic acids is 1. The van der Waals surface area contributed by atoms with Gasteiger partial charge in [-0.3, -0.25) is 4.90 Å². The molecule has 0 aliphatic rings. The number of halogens is 3. The molecule has 0 radical (unpaired) electrons. The predicted molar refractivity (Wildman–Crippen MR) is 94.5 cm³/mol. The van der Waals surface area contributed by atoms with E-state index >= 15 is 0 Å². The zero-order valence-electron chi connectivity index (χ0n) is 14.7. The maximum Gasteiger partial charge on any atom is 0.435 e. The first-order valence-corrected chi connectivity index (χ1v) is 8.84. The predicted octanol–water partition coefficient (Wildman–Crippen LogP) is 4.04. The standard InChI is InChI=1S/C17H17F3N2O5S/c1-26-9-5-8-22(16(25)27-10-11-6-3-2-4-7-11)15-21-13(17(18,19)20)12(28-15)14(23)24/h2-4,6-7H,5,8-10H2,1H3,(H,23,24). The summed E-state index contributed by atoms with van der Waals surface area (Å²) < 4.78 is 49.3. The summed E-state index contributed by atoms with van der Waals surface area (Å²) in [5, 5.41) is 8.64. The number of hydrogen-bond acceptors (Lipinski definition) is 6. The average Bonchev–Trinajstić information content (AvgIpc) is 3.10. The Balaban J connectivity index is 2.26. The summed E-state index contributed by atoms with van der Waals surface area (Å²) in [5.41, 5.74) is -0.860. The number of amides is 1. The fourth-order valence-corrected chi connectivity index (χ4v) is 3.13. The minimum absolute atomic E-state index is 0.0503. The quantitative estimate of drug-likeness (QED) is 0.651.